The van der Waals surface area contributed by atoms with E-state index < -0.39 is 0 Å². The number of nitrogens with zero attached hydrogens (tertiary/aromatic N) is 5. The van der Waals surface area contributed by atoms with Crippen molar-refractivity contribution in [2.24, 2.45) is 0 Å². The first-order valence-electron chi connectivity index (χ1n) is 10.7. The molecule has 2 aromatic heterocycles. The Kier molecular flexibility index (Phi) is 6.81. The molecule has 0 aliphatic carbocycles. The van der Waals surface area contributed by atoms with Crippen LogP contribution in [0.4, 0.5) is 0 Å². The van der Waals surface area contributed by atoms with Crippen LogP contribution in [-0.2, 0) is 6.42 Å². The van der Waals surface area contributed by atoms with Gasteiger partial charge in [-0.3, -0.25) is 9.59 Å². The minimum atomic E-state index is -0.0776. The Labute approximate surface area is 185 Å². The number of unbranched alkanes of at least 4 members (excludes halogenated alkanes) is 1. The van der Waals surface area contributed by atoms with Crippen molar-refractivity contribution in [3.8, 4) is 5.69 Å². The van der Waals surface area contributed by atoms with Crippen LogP contribution < -0.4 is 0 Å². The smallest absolute Gasteiger partial charge is 0.270 e. The van der Waals surface area contributed by atoms with Gasteiger partial charge < -0.3 is 9.88 Å². The highest BCUT2D eigenvalue weighted by Gasteiger charge is 2.22. The molecule has 0 radical (unpaired) electrons. The van der Waals surface area contributed by atoms with E-state index in [1.165, 1.54) is 23.7 Å². The Morgan fingerprint density at radius 3 is 2.68 bits per heavy atom. The van der Waals surface area contributed by atoms with Crippen molar-refractivity contribution in [1.29, 1.82) is 0 Å². The lowest BCUT2D eigenvalue weighted by molar-refractivity contribution is 0.0787. The molecule has 4 rings (SSSR count). The standard InChI is InChI=1S/C22H26N6O2S/c1-2-3-6-16-7-9-18(10-8-16)28-22(24-25-26-28)31-15-20(29)17-13-19(23-14-17)21(30)27-11-4-5-12-27/h7-10,13-14,23H,2-6,11-12,15H2,1H3. The average Bonchev–Trinajstić information content (AvgIpc) is 3.57. The van der Waals surface area contributed by atoms with Gasteiger partial charge in [-0.1, -0.05) is 37.2 Å². The molecule has 1 fully saturated rings. The molecule has 0 bridgehead atoms. The summed E-state index contributed by atoms with van der Waals surface area (Å²) < 4.78 is 1.64. The van der Waals surface area contributed by atoms with Gasteiger partial charge in [0.1, 0.15) is 5.69 Å². The number of thioether (sulfide) groups is 1. The molecular weight excluding hydrogens is 412 g/mol. The molecule has 8 nitrogen and oxygen atoms in total. The van der Waals surface area contributed by atoms with Gasteiger partial charge in [-0.05, 0) is 59.9 Å². The molecule has 1 N–H and O–H groups in total. The van der Waals surface area contributed by atoms with Crippen LogP contribution in [0.3, 0.4) is 0 Å². The number of benzene rings is 1. The molecule has 9 heteroatoms. The zero-order chi connectivity index (χ0) is 21.6. The molecule has 0 atom stereocenters. The van der Waals surface area contributed by atoms with Crippen LogP contribution in [0.5, 0.6) is 0 Å². The molecule has 162 valence electrons. The normalized spacial score (nSPS) is 13.6. The molecule has 1 amide bonds. The van der Waals surface area contributed by atoms with E-state index in [2.05, 4.69) is 39.6 Å². The third kappa shape index (κ3) is 5.04. The number of likely N-dealkylation sites (tertiary alicyclic amines) is 1. The highest BCUT2D eigenvalue weighted by molar-refractivity contribution is 7.99. The lowest BCUT2D eigenvalue weighted by Crippen LogP contribution is -2.27. The van der Waals surface area contributed by atoms with Gasteiger partial charge in [0, 0.05) is 24.8 Å². The van der Waals surface area contributed by atoms with E-state index in [-0.39, 0.29) is 17.4 Å². The summed E-state index contributed by atoms with van der Waals surface area (Å²) in [6.45, 7) is 3.73. The summed E-state index contributed by atoms with van der Waals surface area (Å²) in [7, 11) is 0. The van der Waals surface area contributed by atoms with E-state index in [1.54, 1.807) is 16.9 Å². The van der Waals surface area contributed by atoms with Gasteiger partial charge in [0.2, 0.25) is 5.16 Å². The topological polar surface area (TPSA) is 96.8 Å². The maximum Gasteiger partial charge on any atom is 0.270 e. The summed E-state index contributed by atoms with van der Waals surface area (Å²) in [6.07, 6.45) is 7.05. The maximum absolute atomic E-state index is 12.6. The Bertz CT molecular complexity index is 1040. The van der Waals surface area contributed by atoms with Gasteiger partial charge in [-0.25, -0.2) is 0 Å². The number of Topliss-reactive ketones (excluding diaryl/α,β-unsaturated/α-hetero) is 1. The molecule has 3 aromatic rings. The van der Waals surface area contributed by atoms with E-state index in [0.29, 0.717) is 16.4 Å². The predicted molar refractivity (Wildman–Crippen MR) is 119 cm³/mol. The maximum atomic E-state index is 12.6. The largest absolute Gasteiger partial charge is 0.356 e. The predicted octanol–water partition coefficient (Wildman–Crippen LogP) is 3.54. The number of nitrogens with one attached hydrogen (secondary N) is 1. The lowest BCUT2D eigenvalue weighted by Gasteiger charge is -2.13. The Hall–Kier alpha value is -2.94. The van der Waals surface area contributed by atoms with Gasteiger partial charge in [0.15, 0.2) is 5.78 Å². The third-order valence-corrected chi connectivity index (χ3v) is 6.32. The van der Waals surface area contributed by atoms with Crippen molar-refractivity contribution in [1.82, 2.24) is 30.1 Å². The number of H-pyrrole nitrogens is 1. The molecule has 1 aliphatic rings. The third-order valence-electron chi connectivity index (χ3n) is 5.40. The van der Waals surface area contributed by atoms with E-state index in [4.69, 9.17) is 0 Å². The summed E-state index contributed by atoms with van der Waals surface area (Å²) in [6, 6.07) is 9.81. The number of rotatable bonds is 9. The second-order valence-electron chi connectivity index (χ2n) is 7.66. The monoisotopic (exact) mass is 438 g/mol. The van der Waals surface area contributed by atoms with E-state index >= 15 is 0 Å². The zero-order valence-corrected chi connectivity index (χ0v) is 18.4. The van der Waals surface area contributed by atoms with Gasteiger partial charge in [0.05, 0.1) is 11.4 Å². The van der Waals surface area contributed by atoms with E-state index in [9.17, 15) is 9.59 Å². The van der Waals surface area contributed by atoms with Crippen molar-refractivity contribution >= 4 is 23.5 Å². The molecule has 1 aromatic carbocycles. The number of hydrogen-bond donors (Lipinski definition) is 1. The zero-order valence-electron chi connectivity index (χ0n) is 17.6. The summed E-state index contributed by atoms with van der Waals surface area (Å²) in [5.41, 5.74) is 3.10. The first kappa shape index (κ1) is 21.3. The Balaban J connectivity index is 1.37. The minimum absolute atomic E-state index is 0.0458. The number of aromatic nitrogens is 5. The number of hydrogen-bond acceptors (Lipinski definition) is 6. The second kappa shape index (κ2) is 9.91. The van der Waals surface area contributed by atoms with Crippen LogP contribution in [0, 0.1) is 0 Å². The number of aromatic amines is 1. The summed E-state index contributed by atoms with van der Waals surface area (Å²) in [5.74, 6) is 0.0613. The molecule has 3 heterocycles. The number of aryl methyl sites for hydroxylation is 1. The molecule has 1 aliphatic heterocycles. The number of ketones is 1. The highest BCUT2D eigenvalue weighted by Crippen LogP contribution is 2.21. The van der Waals surface area contributed by atoms with Crippen molar-refractivity contribution < 1.29 is 9.59 Å². The molecule has 0 spiro atoms. The highest BCUT2D eigenvalue weighted by atomic mass is 32.2. The van der Waals surface area contributed by atoms with Crippen LogP contribution in [0.2, 0.25) is 0 Å². The number of amides is 1. The number of carbonyl (C=O) groups is 2. The first-order chi connectivity index (χ1) is 15.2. The summed E-state index contributed by atoms with van der Waals surface area (Å²) in [5, 5.41) is 12.4. The summed E-state index contributed by atoms with van der Waals surface area (Å²) in [4.78, 5) is 29.9. The molecule has 1 saturated heterocycles. The van der Waals surface area contributed by atoms with E-state index in [1.807, 2.05) is 17.0 Å². The van der Waals surface area contributed by atoms with Crippen LogP contribution in [-0.4, -0.2) is 60.6 Å². The van der Waals surface area contributed by atoms with Gasteiger partial charge in [-0.15, -0.1) is 5.10 Å². The molecule has 0 unspecified atom stereocenters. The second-order valence-corrected chi connectivity index (χ2v) is 8.60. The lowest BCUT2D eigenvalue weighted by atomic mass is 10.1. The van der Waals surface area contributed by atoms with Crippen LogP contribution in [0.1, 0.15) is 59.0 Å². The van der Waals surface area contributed by atoms with Crippen molar-refractivity contribution in [3.63, 3.8) is 0 Å². The van der Waals surface area contributed by atoms with E-state index in [0.717, 1.165) is 44.5 Å². The fraction of sp³-hybridized carbons (Fsp3) is 0.409. The number of carbonyl (C=O) groups excluding carboxylic acids is 2. The molecular formula is C22H26N6O2S. The van der Waals surface area contributed by atoms with Crippen molar-refractivity contribution in [2.75, 3.05) is 18.8 Å². The SMILES string of the molecule is CCCCc1ccc(-n2nnnc2SCC(=O)c2c[nH]c(C(=O)N3CCCC3)c2)cc1. The van der Waals surface area contributed by atoms with Crippen molar-refractivity contribution in [2.45, 2.75) is 44.2 Å². The van der Waals surface area contributed by atoms with Crippen molar-refractivity contribution in [3.05, 3.63) is 53.3 Å². The Morgan fingerprint density at radius 1 is 1.16 bits per heavy atom. The molecule has 31 heavy (non-hydrogen) atoms. The quantitative estimate of drug-likeness (QED) is 0.405. The van der Waals surface area contributed by atoms with Gasteiger partial charge in [-0.2, -0.15) is 4.68 Å². The summed E-state index contributed by atoms with van der Waals surface area (Å²) >= 11 is 1.28. The van der Waals surface area contributed by atoms with Crippen LogP contribution in [0.15, 0.2) is 41.7 Å². The number of tetrazole rings is 1. The Morgan fingerprint density at radius 2 is 1.94 bits per heavy atom. The van der Waals surface area contributed by atoms with Crippen LogP contribution in [0.25, 0.3) is 5.69 Å². The van der Waals surface area contributed by atoms with Gasteiger partial charge in [0.25, 0.3) is 5.91 Å². The first-order valence-corrected chi connectivity index (χ1v) is 11.7. The average molecular weight is 439 g/mol. The minimum Gasteiger partial charge on any atom is -0.356 e. The van der Waals surface area contributed by atoms with Gasteiger partial charge >= 0.3 is 0 Å². The van der Waals surface area contributed by atoms with Crippen LogP contribution >= 0.6 is 11.8 Å². The molecule has 0 saturated carbocycles. The fourth-order valence-corrected chi connectivity index (χ4v) is 4.38. The fourth-order valence-electron chi connectivity index (χ4n) is 3.60.